The number of anilines is 1. The molecule has 0 aromatic heterocycles. The van der Waals surface area contributed by atoms with Gasteiger partial charge in [-0.3, -0.25) is 25.2 Å². The molecule has 0 spiro atoms. The Kier molecular flexibility index (Phi) is 4.75. The van der Waals surface area contributed by atoms with Crippen LogP contribution in [0.25, 0.3) is 6.08 Å². The van der Waals surface area contributed by atoms with Crippen molar-refractivity contribution in [3.05, 3.63) is 74.7 Å². The molecule has 10 heteroatoms. The van der Waals surface area contributed by atoms with Gasteiger partial charge in [0.25, 0.3) is 11.6 Å². The fourth-order valence-electron chi connectivity index (χ4n) is 2.42. The van der Waals surface area contributed by atoms with Gasteiger partial charge in [-0.05, 0) is 41.6 Å². The van der Waals surface area contributed by atoms with Crippen molar-refractivity contribution in [1.29, 1.82) is 5.41 Å². The Morgan fingerprint density at radius 3 is 2.52 bits per heavy atom. The molecular weight excluding hydrogens is 383 g/mol. The van der Waals surface area contributed by atoms with Crippen molar-refractivity contribution in [1.82, 2.24) is 0 Å². The van der Waals surface area contributed by atoms with Crippen LogP contribution in [0.3, 0.4) is 0 Å². The summed E-state index contributed by atoms with van der Waals surface area (Å²) in [5.41, 5.74) is -0.792. The molecule has 0 aliphatic carbocycles. The molecule has 0 unspecified atom stereocenters. The lowest BCUT2D eigenvalue weighted by atomic mass is 10.1. The van der Waals surface area contributed by atoms with Crippen molar-refractivity contribution in [3.8, 4) is 0 Å². The van der Waals surface area contributed by atoms with E-state index in [0.717, 1.165) is 34.9 Å². The normalized spacial score (nSPS) is 16.3. The molecular formula is C17H10F3N3O3S. The van der Waals surface area contributed by atoms with Crippen LogP contribution in [-0.4, -0.2) is 16.0 Å². The number of nitrogens with zero attached hydrogens (tertiary/aromatic N) is 2. The summed E-state index contributed by atoms with van der Waals surface area (Å²) in [5.74, 6) is -0.671. The van der Waals surface area contributed by atoms with Crippen LogP contribution in [-0.2, 0) is 11.0 Å². The molecule has 0 radical (unpaired) electrons. The number of non-ortho nitro benzene ring substituents is 1. The summed E-state index contributed by atoms with van der Waals surface area (Å²) in [6.07, 6.45) is -3.21. The van der Waals surface area contributed by atoms with E-state index in [2.05, 4.69) is 0 Å². The molecule has 138 valence electrons. The molecule has 0 saturated carbocycles. The summed E-state index contributed by atoms with van der Waals surface area (Å²) in [5, 5.41) is 18.5. The standard InChI is InChI=1S/C17H10F3N3O3S/c18-17(19,20)11-4-2-5-12(9-11)22-15(24)14(27-16(22)21)8-10-3-1-6-13(7-10)23(25)26/h1-9,21H/b14-8-,21-16?. The minimum Gasteiger partial charge on any atom is -0.278 e. The van der Waals surface area contributed by atoms with Crippen LogP contribution in [0.5, 0.6) is 0 Å². The molecule has 0 atom stereocenters. The Morgan fingerprint density at radius 1 is 1.15 bits per heavy atom. The quantitative estimate of drug-likeness (QED) is 0.466. The molecule has 1 saturated heterocycles. The Morgan fingerprint density at radius 2 is 1.85 bits per heavy atom. The number of benzene rings is 2. The molecule has 0 bridgehead atoms. The molecule has 6 nitrogen and oxygen atoms in total. The number of amidine groups is 1. The van der Waals surface area contributed by atoms with Crippen LogP contribution < -0.4 is 4.90 Å². The highest BCUT2D eigenvalue weighted by Crippen LogP contribution is 2.38. The van der Waals surface area contributed by atoms with Gasteiger partial charge in [0, 0.05) is 12.1 Å². The number of alkyl halides is 3. The van der Waals surface area contributed by atoms with Gasteiger partial charge in [-0.15, -0.1) is 0 Å². The number of hydrogen-bond acceptors (Lipinski definition) is 5. The number of thioether (sulfide) groups is 1. The Labute approximate surface area is 154 Å². The highest BCUT2D eigenvalue weighted by molar-refractivity contribution is 8.19. The van der Waals surface area contributed by atoms with Crippen molar-refractivity contribution < 1.29 is 22.9 Å². The third-order valence-electron chi connectivity index (χ3n) is 3.63. The van der Waals surface area contributed by atoms with Gasteiger partial charge in [0.1, 0.15) is 0 Å². The predicted molar refractivity (Wildman–Crippen MR) is 95.3 cm³/mol. The topological polar surface area (TPSA) is 87.3 Å². The molecule has 1 aliphatic heterocycles. The number of rotatable bonds is 3. The second kappa shape index (κ2) is 6.88. The number of carbonyl (C=O) groups excluding carboxylic acids is 1. The van der Waals surface area contributed by atoms with Crippen LogP contribution >= 0.6 is 11.8 Å². The highest BCUT2D eigenvalue weighted by atomic mass is 32.2. The lowest BCUT2D eigenvalue weighted by molar-refractivity contribution is -0.384. The first-order valence-electron chi connectivity index (χ1n) is 7.41. The summed E-state index contributed by atoms with van der Waals surface area (Å²) in [7, 11) is 0. The van der Waals surface area contributed by atoms with Crippen molar-refractivity contribution in [2.75, 3.05) is 4.90 Å². The van der Waals surface area contributed by atoms with Gasteiger partial charge in [0.05, 0.1) is 21.1 Å². The summed E-state index contributed by atoms with van der Waals surface area (Å²) >= 11 is 0.769. The summed E-state index contributed by atoms with van der Waals surface area (Å²) in [4.78, 5) is 23.8. The number of hydrogen-bond donors (Lipinski definition) is 1. The van der Waals surface area contributed by atoms with E-state index in [-0.39, 0.29) is 21.4 Å². The van der Waals surface area contributed by atoms with E-state index in [1.165, 1.54) is 30.3 Å². The van der Waals surface area contributed by atoms with Gasteiger partial charge >= 0.3 is 6.18 Å². The Balaban J connectivity index is 1.94. The second-order valence-corrected chi connectivity index (χ2v) is 6.49. The van der Waals surface area contributed by atoms with Crippen molar-refractivity contribution in [3.63, 3.8) is 0 Å². The molecule has 1 amide bonds. The predicted octanol–water partition coefficient (Wildman–Crippen LogP) is 4.67. The van der Waals surface area contributed by atoms with E-state index in [1.807, 2.05) is 0 Å². The van der Waals surface area contributed by atoms with Gasteiger partial charge in [-0.2, -0.15) is 13.2 Å². The van der Waals surface area contributed by atoms with E-state index in [9.17, 15) is 28.1 Å². The van der Waals surface area contributed by atoms with Gasteiger partial charge in [0.2, 0.25) is 0 Å². The summed E-state index contributed by atoms with van der Waals surface area (Å²) in [6, 6.07) is 9.68. The molecule has 2 aromatic rings. The van der Waals surface area contributed by atoms with E-state index in [0.29, 0.717) is 5.56 Å². The Bertz CT molecular complexity index is 989. The lowest BCUT2D eigenvalue weighted by Crippen LogP contribution is -2.28. The molecule has 2 aromatic carbocycles. The maximum atomic E-state index is 12.9. The van der Waals surface area contributed by atoms with Crippen LogP contribution in [0.2, 0.25) is 0 Å². The minimum atomic E-state index is -4.57. The number of nitrogens with one attached hydrogen (secondary N) is 1. The number of carbonyl (C=O) groups is 1. The third-order valence-corrected chi connectivity index (χ3v) is 4.52. The zero-order chi connectivity index (χ0) is 19.8. The summed E-state index contributed by atoms with van der Waals surface area (Å²) < 4.78 is 38.7. The molecule has 1 heterocycles. The lowest BCUT2D eigenvalue weighted by Gasteiger charge is -2.16. The first-order valence-corrected chi connectivity index (χ1v) is 8.23. The van der Waals surface area contributed by atoms with Crippen LogP contribution in [0.1, 0.15) is 11.1 Å². The van der Waals surface area contributed by atoms with Gasteiger partial charge < -0.3 is 0 Å². The maximum absolute atomic E-state index is 12.9. The average molecular weight is 393 g/mol. The van der Waals surface area contributed by atoms with Crippen LogP contribution in [0.4, 0.5) is 24.5 Å². The maximum Gasteiger partial charge on any atom is 0.416 e. The van der Waals surface area contributed by atoms with Crippen molar-refractivity contribution >= 4 is 40.3 Å². The minimum absolute atomic E-state index is 0.0743. The van der Waals surface area contributed by atoms with E-state index < -0.39 is 22.6 Å². The van der Waals surface area contributed by atoms with Gasteiger partial charge in [-0.25, -0.2) is 0 Å². The van der Waals surface area contributed by atoms with E-state index in [1.54, 1.807) is 6.07 Å². The van der Waals surface area contributed by atoms with Crippen molar-refractivity contribution in [2.24, 2.45) is 0 Å². The van der Waals surface area contributed by atoms with Gasteiger partial charge in [0.15, 0.2) is 5.17 Å². The molecule has 1 aliphatic rings. The zero-order valence-corrected chi connectivity index (χ0v) is 14.2. The average Bonchev–Trinajstić information content (AvgIpc) is 2.88. The van der Waals surface area contributed by atoms with Gasteiger partial charge in [-0.1, -0.05) is 18.2 Å². The fraction of sp³-hybridized carbons (Fsp3) is 0.0588. The summed E-state index contributed by atoms with van der Waals surface area (Å²) in [6.45, 7) is 0. The fourth-order valence-corrected chi connectivity index (χ4v) is 3.28. The molecule has 3 rings (SSSR count). The monoisotopic (exact) mass is 393 g/mol. The van der Waals surface area contributed by atoms with Crippen molar-refractivity contribution in [2.45, 2.75) is 6.18 Å². The van der Waals surface area contributed by atoms with Crippen LogP contribution in [0.15, 0.2) is 53.4 Å². The molecule has 1 fully saturated rings. The molecule has 27 heavy (non-hydrogen) atoms. The smallest absolute Gasteiger partial charge is 0.278 e. The number of nitro benzene ring substituents is 1. The first kappa shape index (κ1) is 18.6. The second-order valence-electron chi connectivity index (χ2n) is 5.46. The third kappa shape index (κ3) is 3.85. The molecule has 1 N–H and O–H groups in total. The number of nitro groups is 1. The number of halogens is 3. The Hall–Kier alpha value is -3.14. The SMILES string of the molecule is N=C1S/C(=C\c2cccc([N+](=O)[O-])c2)C(=O)N1c1cccc(C(F)(F)F)c1. The zero-order valence-electron chi connectivity index (χ0n) is 13.4. The van der Waals surface area contributed by atoms with Crippen LogP contribution in [0, 0.1) is 15.5 Å². The van der Waals surface area contributed by atoms with E-state index >= 15 is 0 Å². The highest BCUT2D eigenvalue weighted by Gasteiger charge is 2.36. The first-order chi connectivity index (χ1) is 12.7. The number of amides is 1. The largest absolute Gasteiger partial charge is 0.416 e. The van der Waals surface area contributed by atoms with E-state index in [4.69, 9.17) is 5.41 Å².